The molecule has 2 N–H and O–H groups in total. The molecule has 19 heavy (non-hydrogen) atoms. The zero-order chi connectivity index (χ0) is 13.2. The van der Waals surface area contributed by atoms with Gasteiger partial charge in [-0.25, -0.2) is 4.98 Å². The average Bonchev–Trinajstić information content (AvgIpc) is 2.95. The lowest BCUT2D eigenvalue weighted by Crippen LogP contribution is -2.13. The van der Waals surface area contributed by atoms with Crippen LogP contribution in [-0.2, 0) is 6.54 Å². The molecule has 0 unspecified atom stereocenters. The van der Waals surface area contributed by atoms with Crippen molar-refractivity contribution in [2.24, 2.45) is 5.73 Å². The highest BCUT2D eigenvalue weighted by Gasteiger charge is 2.11. The van der Waals surface area contributed by atoms with Gasteiger partial charge >= 0.3 is 0 Å². The van der Waals surface area contributed by atoms with Crippen molar-refractivity contribution in [2.75, 3.05) is 11.9 Å². The second-order valence-corrected chi connectivity index (χ2v) is 4.25. The Bertz CT molecular complexity index is 705. The minimum atomic E-state index is 0.518. The Morgan fingerprint density at radius 2 is 2.26 bits per heavy atom. The summed E-state index contributed by atoms with van der Waals surface area (Å²) >= 11 is 0. The van der Waals surface area contributed by atoms with E-state index in [0.29, 0.717) is 6.54 Å². The van der Waals surface area contributed by atoms with Crippen LogP contribution in [0.25, 0.3) is 5.65 Å². The molecule has 0 atom stereocenters. The lowest BCUT2D eigenvalue weighted by Gasteiger charge is -2.19. The smallest absolute Gasteiger partial charge is 0.204 e. The largest absolute Gasteiger partial charge is 0.326 e. The quantitative estimate of drug-likeness (QED) is 0.763. The summed E-state index contributed by atoms with van der Waals surface area (Å²) in [4.78, 5) is 6.36. The minimum Gasteiger partial charge on any atom is -0.326 e. The van der Waals surface area contributed by atoms with Gasteiger partial charge in [-0.15, -0.1) is 10.2 Å². The number of nitrogens with two attached hydrogens (primary N) is 1. The van der Waals surface area contributed by atoms with E-state index in [4.69, 9.17) is 5.73 Å². The van der Waals surface area contributed by atoms with Crippen molar-refractivity contribution >= 4 is 17.2 Å². The Hall–Kier alpha value is -2.47. The standard InChI is InChI=1S/C13H14N6/c1-18(11-4-2-3-10(7-11)8-14)12-13-17-16-9-19(13)6-5-15-12/h2-7,9H,8,14H2,1H3. The zero-order valence-corrected chi connectivity index (χ0v) is 10.6. The molecule has 96 valence electrons. The number of aromatic nitrogens is 4. The lowest BCUT2D eigenvalue weighted by molar-refractivity contribution is 1.04. The molecule has 2 heterocycles. The van der Waals surface area contributed by atoms with Crippen LogP contribution in [0.5, 0.6) is 0 Å². The van der Waals surface area contributed by atoms with Crippen molar-refractivity contribution in [3.8, 4) is 0 Å². The molecule has 0 aliphatic carbocycles. The van der Waals surface area contributed by atoms with Crippen molar-refractivity contribution in [2.45, 2.75) is 6.54 Å². The third-order valence-electron chi connectivity index (χ3n) is 3.05. The van der Waals surface area contributed by atoms with E-state index >= 15 is 0 Å². The van der Waals surface area contributed by atoms with Gasteiger partial charge in [0.15, 0.2) is 5.82 Å². The van der Waals surface area contributed by atoms with Crippen LogP contribution in [0.3, 0.4) is 0 Å². The van der Waals surface area contributed by atoms with Gasteiger partial charge in [-0.3, -0.25) is 4.40 Å². The van der Waals surface area contributed by atoms with Crippen LogP contribution in [-0.4, -0.2) is 26.6 Å². The molecule has 0 aliphatic heterocycles. The minimum absolute atomic E-state index is 0.518. The second kappa shape index (κ2) is 4.66. The monoisotopic (exact) mass is 254 g/mol. The van der Waals surface area contributed by atoms with Crippen LogP contribution in [0.2, 0.25) is 0 Å². The molecule has 0 amide bonds. The summed E-state index contributed by atoms with van der Waals surface area (Å²) in [6.07, 6.45) is 5.21. The molecule has 1 aromatic carbocycles. The van der Waals surface area contributed by atoms with E-state index in [1.165, 1.54) is 0 Å². The van der Waals surface area contributed by atoms with Crippen LogP contribution in [0.4, 0.5) is 11.5 Å². The van der Waals surface area contributed by atoms with E-state index in [1.807, 2.05) is 46.8 Å². The maximum absolute atomic E-state index is 5.67. The second-order valence-electron chi connectivity index (χ2n) is 4.25. The number of anilines is 2. The van der Waals surface area contributed by atoms with E-state index < -0.39 is 0 Å². The number of hydrogen-bond acceptors (Lipinski definition) is 5. The number of benzene rings is 1. The topological polar surface area (TPSA) is 72.3 Å². The lowest BCUT2D eigenvalue weighted by atomic mass is 10.2. The molecule has 6 heteroatoms. The van der Waals surface area contributed by atoms with Gasteiger partial charge in [0.05, 0.1) is 0 Å². The van der Waals surface area contributed by atoms with Gasteiger partial charge in [-0.1, -0.05) is 12.1 Å². The average molecular weight is 254 g/mol. The van der Waals surface area contributed by atoms with Gasteiger partial charge in [0.2, 0.25) is 5.65 Å². The van der Waals surface area contributed by atoms with Crippen LogP contribution in [0, 0.1) is 0 Å². The van der Waals surface area contributed by atoms with Gasteiger partial charge in [-0.2, -0.15) is 0 Å². The first-order valence-corrected chi connectivity index (χ1v) is 5.96. The van der Waals surface area contributed by atoms with E-state index in [1.54, 1.807) is 12.5 Å². The van der Waals surface area contributed by atoms with Crippen molar-refractivity contribution in [3.05, 3.63) is 48.5 Å². The van der Waals surface area contributed by atoms with Crippen LogP contribution in [0.1, 0.15) is 5.56 Å². The Labute approximate surface area is 110 Å². The molecular weight excluding hydrogens is 240 g/mol. The van der Waals surface area contributed by atoms with Crippen LogP contribution < -0.4 is 10.6 Å². The summed E-state index contributed by atoms with van der Waals surface area (Å²) < 4.78 is 1.84. The van der Waals surface area contributed by atoms with Crippen molar-refractivity contribution < 1.29 is 0 Å². The number of fused-ring (bicyclic) bond motifs is 1. The first-order valence-electron chi connectivity index (χ1n) is 5.96. The van der Waals surface area contributed by atoms with Crippen molar-refractivity contribution in [1.82, 2.24) is 19.6 Å². The molecule has 3 aromatic rings. The van der Waals surface area contributed by atoms with Gasteiger partial charge in [0.1, 0.15) is 6.33 Å². The molecule has 0 saturated heterocycles. The zero-order valence-electron chi connectivity index (χ0n) is 10.6. The summed E-state index contributed by atoms with van der Waals surface area (Å²) in [7, 11) is 1.95. The molecule has 3 rings (SSSR count). The predicted molar refractivity (Wildman–Crippen MR) is 73.2 cm³/mol. The van der Waals surface area contributed by atoms with Gasteiger partial charge in [0.25, 0.3) is 0 Å². The Morgan fingerprint density at radius 3 is 3.11 bits per heavy atom. The Balaban J connectivity index is 2.07. The first kappa shape index (κ1) is 11.6. The Morgan fingerprint density at radius 1 is 1.37 bits per heavy atom. The predicted octanol–water partition coefficient (Wildman–Crippen LogP) is 1.35. The van der Waals surface area contributed by atoms with E-state index in [9.17, 15) is 0 Å². The normalized spacial score (nSPS) is 10.8. The molecule has 0 saturated carbocycles. The summed E-state index contributed by atoms with van der Waals surface area (Å²) in [6.45, 7) is 0.518. The molecule has 0 spiro atoms. The number of rotatable bonds is 3. The third kappa shape index (κ3) is 2.02. The van der Waals surface area contributed by atoms with Crippen LogP contribution in [0.15, 0.2) is 43.0 Å². The van der Waals surface area contributed by atoms with E-state index in [0.717, 1.165) is 22.7 Å². The van der Waals surface area contributed by atoms with Crippen molar-refractivity contribution in [1.29, 1.82) is 0 Å². The van der Waals surface area contributed by atoms with Gasteiger partial charge in [0, 0.05) is 31.7 Å². The summed E-state index contributed by atoms with van der Waals surface area (Å²) in [5.74, 6) is 0.758. The Kier molecular flexibility index (Phi) is 2.85. The SMILES string of the molecule is CN(c1cccc(CN)c1)c1nccn2cnnc12. The molecule has 6 nitrogen and oxygen atoms in total. The summed E-state index contributed by atoms with van der Waals surface area (Å²) in [5.41, 5.74) is 8.50. The highest BCUT2D eigenvalue weighted by molar-refractivity contribution is 5.71. The van der Waals surface area contributed by atoms with E-state index in [-0.39, 0.29) is 0 Å². The highest BCUT2D eigenvalue weighted by atomic mass is 15.3. The molecule has 0 bridgehead atoms. The molecule has 0 radical (unpaired) electrons. The van der Waals surface area contributed by atoms with Gasteiger partial charge < -0.3 is 10.6 Å². The van der Waals surface area contributed by atoms with Crippen LogP contribution >= 0.6 is 0 Å². The summed E-state index contributed by atoms with van der Waals surface area (Å²) in [5, 5.41) is 7.99. The number of hydrogen-bond donors (Lipinski definition) is 1. The fourth-order valence-electron chi connectivity index (χ4n) is 2.00. The van der Waals surface area contributed by atoms with Crippen molar-refractivity contribution in [3.63, 3.8) is 0 Å². The maximum atomic E-state index is 5.67. The fraction of sp³-hybridized carbons (Fsp3) is 0.154. The number of nitrogens with zero attached hydrogens (tertiary/aromatic N) is 5. The fourth-order valence-corrected chi connectivity index (χ4v) is 2.00. The molecular formula is C13H14N6. The summed E-state index contributed by atoms with van der Waals surface area (Å²) in [6, 6.07) is 8.04. The third-order valence-corrected chi connectivity index (χ3v) is 3.05. The molecule has 2 aromatic heterocycles. The molecule has 0 aliphatic rings. The van der Waals surface area contributed by atoms with Gasteiger partial charge in [-0.05, 0) is 17.7 Å². The maximum Gasteiger partial charge on any atom is 0.204 e. The molecule has 0 fully saturated rings. The highest BCUT2D eigenvalue weighted by Crippen LogP contribution is 2.24. The van der Waals surface area contributed by atoms with E-state index in [2.05, 4.69) is 15.2 Å². The first-order chi connectivity index (χ1) is 9.29.